The number of carbonyl (C=O) groups is 2. The number of anilines is 1. The molecule has 0 unspecified atom stereocenters. The molecule has 0 aliphatic carbocycles. The quantitative estimate of drug-likeness (QED) is 0.685. The Morgan fingerprint density at radius 1 is 1.06 bits per heavy atom. The number of hydrogen-bond donors (Lipinski definition) is 2. The van der Waals surface area contributed by atoms with E-state index in [-0.39, 0.29) is 21.9 Å². The maximum atomic E-state index is 12.7. The Morgan fingerprint density at radius 2 is 1.84 bits per heavy atom. The third-order valence-corrected chi connectivity index (χ3v) is 6.85. The summed E-state index contributed by atoms with van der Waals surface area (Å²) < 4.78 is 29.4. The molecule has 2 amide bonds. The van der Waals surface area contributed by atoms with Crippen LogP contribution in [-0.2, 0) is 21.2 Å². The van der Waals surface area contributed by atoms with E-state index in [1.54, 1.807) is 12.1 Å². The molecule has 1 fully saturated rings. The molecular formula is C21H21ClN4O4S. The summed E-state index contributed by atoms with van der Waals surface area (Å²) in [5.74, 6) is -0.624. The normalized spacial score (nSPS) is 16.9. The Balaban J connectivity index is 1.54. The number of benzene rings is 2. The lowest BCUT2D eigenvalue weighted by molar-refractivity contribution is -0.121. The standard InChI is InChI=1S/C21H21ClN4O4S/c22-16-13-17-18(31(29,30)25-19-9-5-2-6-10-26(17)19)12-15(16)21(28)24-23-20(27)11-14-7-3-1-4-8-14/h1,3-4,7-8,12-13H,2,5-6,9-11H2,(H,23,27)(H,24,28). The SMILES string of the molecule is O=C(Cc1ccccc1)NNC(=O)c1cc2c(cc1Cl)N1CCCCCC1=NS2(=O)=O. The van der Waals surface area contributed by atoms with Gasteiger partial charge >= 0.3 is 0 Å². The molecular weight excluding hydrogens is 440 g/mol. The minimum atomic E-state index is -3.95. The van der Waals surface area contributed by atoms with Crippen LogP contribution in [0.1, 0.15) is 41.6 Å². The van der Waals surface area contributed by atoms with Crippen molar-refractivity contribution in [2.45, 2.75) is 37.0 Å². The number of hydrazine groups is 1. The average Bonchev–Trinajstić information content (AvgIpc) is 2.97. The first kappa shape index (κ1) is 21.3. The summed E-state index contributed by atoms with van der Waals surface area (Å²) in [6, 6.07) is 11.8. The molecule has 8 nitrogen and oxygen atoms in total. The highest BCUT2D eigenvalue weighted by molar-refractivity contribution is 7.90. The monoisotopic (exact) mass is 460 g/mol. The van der Waals surface area contributed by atoms with Crippen molar-refractivity contribution in [3.63, 3.8) is 0 Å². The fourth-order valence-corrected chi connectivity index (χ4v) is 5.20. The molecule has 1 saturated heterocycles. The summed E-state index contributed by atoms with van der Waals surface area (Å²) in [4.78, 5) is 26.5. The molecule has 2 N–H and O–H groups in total. The lowest BCUT2D eigenvalue weighted by atomic mass is 10.1. The third-order valence-electron chi connectivity index (χ3n) is 5.20. The fraction of sp³-hybridized carbons (Fsp3) is 0.286. The molecule has 162 valence electrons. The Bertz CT molecular complexity index is 1170. The first-order valence-electron chi connectivity index (χ1n) is 9.93. The topological polar surface area (TPSA) is 108 Å². The molecule has 0 radical (unpaired) electrons. The first-order valence-corrected chi connectivity index (χ1v) is 11.7. The number of fused-ring (bicyclic) bond motifs is 3. The summed E-state index contributed by atoms with van der Waals surface area (Å²) in [5, 5.41) is 0.0919. The van der Waals surface area contributed by atoms with Crippen LogP contribution in [0.4, 0.5) is 5.69 Å². The smallest absolute Gasteiger partial charge is 0.286 e. The maximum absolute atomic E-state index is 12.7. The van der Waals surface area contributed by atoms with Crippen molar-refractivity contribution in [2.75, 3.05) is 11.4 Å². The number of carbonyl (C=O) groups excluding carboxylic acids is 2. The van der Waals surface area contributed by atoms with Crippen LogP contribution in [0.2, 0.25) is 5.02 Å². The van der Waals surface area contributed by atoms with Gasteiger partial charge in [0.15, 0.2) is 0 Å². The lowest BCUT2D eigenvalue weighted by Crippen LogP contribution is -2.42. The minimum Gasteiger partial charge on any atom is -0.328 e. The van der Waals surface area contributed by atoms with Gasteiger partial charge in [-0.2, -0.15) is 8.42 Å². The van der Waals surface area contributed by atoms with Gasteiger partial charge in [0.2, 0.25) is 5.91 Å². The Hall–Kier alpha value is -2.91. The van der Waals surface area contributed by atoms with Gasteiger partial charge in [0.25, 0.3) is 15.9 Å². The molecule has 0 aromatic heterocycles. The zero-order valence-corrected chi connectivity index (χ0v) is 18.2. The highest BCUT2D eigenvalue weighted by atomic mass is 35.5. The van der Waals surface area contributed by atoms with Crippen LogP contribution in [0.15, 0.2) is 51.8 Å². The first-order chi connectivity index (χ1) is 14.8. The van der Waals surface area contributed by atoms with Gasteiger partial charge in [0.1, 0.15) is 10.7 Å². The zero-order chi connectivity index (χ0) is 22.0. The van der Waals surface area contributed by atoms with E-state index in [9.17, 15) is 18.0 Å². The number of sulfonamides is 1. The van der Waals surface area contributed by atoms with Crippen molar-refractivity contribution in [3.05, 3.63) is 58.6 Å². The number of rotatable bonds is 3. The van der Waals surface area contributed by atoms with Gasteiger partial charge in [-0.05, 0) is 30.5 Å². The average molecular weight is 461 g/mol. The highest BCUT2D eigenvalue weighted by Crippen LogP contribution is 2.37. The van der Waals surface area contributed by atoms with E-state index < -0.39 is 21.8 Å². The second-order valence-electron chi connectivity index (χ2n) is 7.41. The van der Waals surface area contributed by atoms with Crippen molar-refractivity contribution < 1.29 is 18.0 Å². The van der Waals surface area contributed by atoms with Gasteiger partial charge in [-0.25, -0.2) is 0 Å². The molecule has 0 saturated carbocycles. The van der Waals surface area contributed by atoms with Gasteiger partial charge in [0, 0.05) is 13.0 Å². The fourth-order valence-electron chi connectivity index (χ4n) is 3.69. The highest BCUT2D eigenvalue weighted by Gasteiger charge is 2.33. The van der Waals surface area contributed by atoms with Crippen LogP contribution in [0, 0.1) is 0 Å². The molecule has 2 aromatic rings. The van der Waals surface area contributed by atoms with Crippen LogP contribution < -0.4 is 15.8 Å². The molecule has 2 aromatic carbocycles. The van der Waals surface area contributed by atoms with Gasteiger partial charge in [-0.15, -0.1) is 4.40 Å². The van der Waals surface area contributed by atoms with E-state index in [1.807, 2.05) is 23.1 Å². The largest absolute Gasteiger partial charge is 0.328 e. The predicted molar refractivity (Wildman–Crippen MR) is 118 cm³/mol. The molecule has 2 heterocycles. The Morgan fingerprint density at radius 3 is 2.61 bits per heavy atom. The molecule has 31 heavy (non-hydrogen) atoms. The van der Waals surface area contributed by atoms with E-state index in [1.165, 1.54) is 12.1 Å². The van der Waals surface area contributed by atoms with E-state index >= 15 is 0 Å². The lowest BCUT2D eigenvalue weighted by Gasteiger charge is -2.30. The van der Waals surface area contributed by atoms with E-state index in [0.29, 0.717) is 24.5 Å². The second-order valence-corrected chi connectivity index (χ2v) is 9.39. The van der Waals surface area contributed by atoms with Crippen molar-refractivity contribution in [2.24, 2.45) is 4.40 Å². The summed E-state index contributed by atoms with van der Waals surface area (Å²) in [6.07, 6.45) is 3.43. The number of amidine groups is 1. The number of halogens is 1. The molecule has 10 heteroatoms. The summed E-state index contributed by atoms with van der Waals surface area (Å²) >= 11 is 6.33. The van der Waals surface area contributed by atoms with Gasteiger partial charge < -0.3 is 4.90 Å². The second kappa shape index (κ2) is 8.68. The van der Waals surface area contributed by atoms with Crippen molar-refractivity contribution in [1.29, 1.82) is 0 Å². The van der Waals surface area contributed by atoms with Crippen molar-refractivity contribution >= 4 is 45.0 Å². The Kier molecular flexibility index (Phi) is 5.97. The van der Waals surface area contributed by atoms with Crippen LogP contribution in [0.5, 0.6) is 0 Å². The summed E-state index contributed by atoms with van der Waals surface area (Å²) in [5.41, 5.74) is 5.78. The van der Waals surface area contributed by atoms with Crippen LogP contribution in [-0.4, -0.2) is 32.6 Å². The zero-order valence-electron chi connectivity index (χ0n) is 16.6. The van der Waals surface area contributed by atoms with Crippen molar-refractivity contribution in [1.82, 2.24) is 10.9 Å². The Labute approximate surface area is 185 Å². The predicted octanol–water partition coefficient (Wildman–Crippen LogP) is 2.82. The minimum absolute atomic E-state index is 0.0579. The number of hydrogen-bond acceptors (Lipinski definition) is 5. The molecule has 0 atom stereocenters. The third kappa shape index (κ3) is 4.57. The van der Waals surface area contributed by atoms with Gasteiger partial charge in [0.05, 0.1) is 22.7 Å². The van der Waals surface area contributed by atoms with E-state index in [2.05, 4.69) is 15.2 Å². The summed E-state index contributed by atoms with van der Waals surface area (Å²) in [7, 11) is -3.95. The molecule has 0 spiro atoms. The number of nitrogens with one attached hydrogen (secondary N) is 2. The number of amides is 2. The molecule has 0 bridgehead atoms. The molecule has 2 aliphatic heterocycles. The summed E-state index contributed by atoms with van der Waals surface area (Å²) in [6.45, 7) is 0.638. The van der Waals surface area contributed by atoms with Crippen LogP contribution in [0.3, 0.4) is 0 Å². The molecule has 2 aliphatic rings. The van der Waals surface area contributed by atoms with Crippen LogP contribution >= 0.6 is 11.6 Å². The van der Waals surface area contributed by atoms with E-state index in [4.69, 9.17) is 11.6 Å². The van der Waals surface area contributed by atoms with E-state index in [0.717, 1.165) is 24.8 Å². The van der Waals surface area contributed by atoms with Gasteiger partial charge in [-0.1, -0.05) is 48.4 Å². The molecule has 4 rings (SSSR count). The van der Waals surface area contributed by atoms with Crippen molar-refractivity contribution in [3.8, 4) is 0 Å². The van der Waals surface area contributed by atoms with Crippen LogP contribution in [0.25, 0.3) is 0 Å². The maximum Gasteiger partial charge on any atom is 0.286 e. The number of nitrogens with zero attached hydrogens (tertiary/aromatic N) is 2. The van der Waals surface area contributed by atoms with Gasteiger partial charge in [-0.3, -0.25) is 20.4 Å².